The zero-order chi connectivity index (χ0) is 8.55. The Morgan fingerprint density at radius 2 is 1.25 bits per heavy atom. The topological polar surface area (TPSA) is 34.1 Å². The highest BCUT2D eigenvalue weighted by atomic mass is 16.1. The third-order valence-electron chi connectivity index (χ3n) is 3.19. The van der Waals surface area contributed by atoms with Gasteiger partial charge in [-0.15, -0.1) is 0 Å². The van der Waals surface area contributed by atoms with Gasteiger partial charge >= 0.3 is 0 Å². The SMILES string of the molecule is O=C1CCC[C@H]2C(=O)CCC[C@H]12. The Balaban J connectivity index is 2.16. The van der Waals surface area contributed by atoms with Crippen molar-refractivity contribution in [2.45, 2.75) is 38.5 Å². The van der Waals surface area contributed by atoms with Crippen LogP contribution in [-0.2, 0) is 9.59 Å². The lowest BCUT2D eigenvalue weighted by Gasteiger charge is -2.32. The van der Waals surface area contributed by atoms with Crippen LogP contribution in [0.25, 0.3) is 0 Å². The molecule has 12 heavy (non-hydrogen) atoms. The van der Waals surface area contributed by atoms with Gasteiger partial charge in [0.15, 0.2) is 0 Å². The Morgan fingerprint density at radius 3 is 1.67 bits per heavy atom. The summed E-state index contributed by atoms with van der Waals surface area (Å²) in [5.74, 6) is 0.915. The van der Waals surface area contributed by atoms with E-state index in [4.69, 9.17) is 0 Å². The number of hydrogen-bond donors (Lipinski definition) is 0. The van der Waals surface area contributed by atoms with Crippen LogP contribution in [0.4, 0.5) is 0 Å². The predicted molar refractivity (Wildman–Crippen MR) is 44.7 cm³/mol. The standard InChI is InChI=1S/C10H14O2/c11-9-5-1-3-7-8(9)4-2-6-10(7)12/h7-8H,1-6H2/t7-,8+. The Labute approximate surface area is 72.3 Å². The van der Waals surface area contributed by atoms with Crippen molar-refractivity contribution in [3.05, 3.63) is 0 Å². The second-order valence-corrected chi connectivity index (χ2v) is 3.93. The van der Waals surface area contributed by atoms with E-state index >= 15 is 0 Å². The fourth-order valence-corrected chi connectivity index (χ4v) is 2.54. The number of ketones is 2. The van der Waals surface area contributed by atoms with E-state index in [-0.39, 0.29) is 11.8 Å². The second kappa shape index (κ2) is 3.00. The molecule has 2 nitrogen and oxygen atoms in total. The maximum absolute atomic E-state index is 11.4. The van der Waals surface area contributed by atoms with Gasteiger partial charge in [0.05, 0.1) is 0 Å². The van der Waals surface area contributed by atoms with Gasteiger partial charge in [-0.05, 0) is 25.7 Å². The van der Waals surface area contributed by atoms with E-state index in [0.29, 0.717) is 24.4 Å². The van der Waals surface area contributed by atoms with E-state index < -0.39 is 0 Å². The van der Waals surface area contributed by atoms with Crippen molar-refractivity contribution in [1.82, 2.24) is 0 Å². The molecule has 2 heteroatoms. The van der Waals surface area contributed by atoms with Crippen molar-refractivity contribution in [3.8, 4) is 0 Å². The Hall–Kier alpha value is -0.660. The fourth-order valence-electron chi connectivity index (χ4n) is 2.54. The van der Waals surface area contributed by atoms with Crippen LogP contribution in [0.5, 0.6) is 0 Å². The number of rotatable bonds is 0. The summed E-state index contributed by atoms with van der Waals surface area (Å²) >= 11 is 0. The summed E-state index contributed by atoms with van der Waals surface area (Å²) < 4.78 is 0. The summed E-state index contributed by atoms with van der Waals surface area (Å²) in [4.78, 5) is 22.8. The lowest BCUT2D eigenvalue weighted by Crippen LogP contribution is -2.36. The van der Waals surface area contributed by atoms with Crippen LogP contribution in [-0.4, -0.2) is 11.6 Å². The number of carbonyl (C=O) groups excluding carboxylic acids is 2. The molecule has 2 aliphatic rings. The molecule has 2 aliphatic carbocycles. The molecule has 0 spiro atoms. The van der Waals surface area contributed by atoms with Gasteiger partial charge < -0.3 is 0 Å². The molecule has 0 saturated heterocycles. The predicted octanol–water partition coefficient (Wildman–Crippen LogP) is 1.72. The highest BCUT2D eigenvalue weighted by Crippen LogP contribution is 2.36. The molecule has 2 saturated carbocycles. The van der Waals surface area contributed by atoms with E-state index in [1.165, 1.54) is 0 Å². The number of carbonyl (C=O) groups is 2. The van der Waals surface area contributed by atoms with Gasteiger partial charge in [-0.2, -0.15) is 0 Å². The van der Waals surface area contributed by atoms with Crippen molar-refractivity contribution >= 4 is 11.6 Å². The molecule has 0 unspecified atom stereocenters. The molecule has 0 aromatic heterocycles. The van der Waals surface area contributed by atoms with Crippen LogP contribution >= 0.6 is 0 Å². The number of hydrogen-bond acceptors (Lipinski definition) is 2. The summed E-state index contributed by atoms with van der Waals surface area (Å²) in [6, 6.07) is 0. The third-order valence-corrected chi connectivity index (χ3v) is 3.19. The summed E-state index contributed by atoms with van der Waals surface area (Å²) in [5.41, 5.74) is 0. The van der Waals surface area contributed by atoms with E-state index in [1.807, 2.05) is 0 Å². The summed E-state index contributed by atoms with van der Waals surface area (Å²) in [7, 11) is 0. The van der Waals surface area contributed by atoms with Crippen molar-refractivity contribution in [2.24, 2.45) is 11.8 Å². The maximum Gasteiger partial charge on any atom is 0.136 e. The highest BCUT2D eigenvalue weighted by Gasteiger charge is 2.38. The van der Waals surface area contributed by atoms with E-state index in [2.05, 4.69) is 0 Å². The first-order valence-corrected chi connectivity index (χ1v) is 4.84. The molecule has 0 bridgehead atoms. The first kappa shape index (κ1) is 7.96. The average Bonchev–Trinajstić information content (AvgIpc) is 2.07. The van der Waals surface area contributed by atoms with Crippen molar-refractivity contribution in [1.29, 1.82) is 0 Å². The van der Waals surface area contributed by atoms with Crippen LogP contribution in [0.1, 0.15) is 38.5 Å². The van der Waals surface area contributed by atoms with E-state index in [1.54, 1.807) is 0 Å². The summed E-state index contributed by atoms with van der Waals surface area (Å²) in [6.07, 6.45) is 5.24. The normalized spacial score (nSPS) is 36.3. The Morgan fingerprint density at radius 1 is 0.833 bits per heavy atom. The fraction of sp³-hybridized carbons (Fsp3) is 0.800. The van der Waals surface area contributed by atoms with Crippen molar-refractivity contribution in [3.63, 3.8) is 0 Å². The summed E-state index contributed by atoms with van der Waals surface area (Å²) in [5, 5.41) is 0. The van der Waals surface area contributed by atoms with Crippen LogP contribution in [0.3, 0.4) is 0 Å². The number of fused-ring (bicyclic) bond motifs is 1. The molecule has 0 aliphatic heterocycles. The summed E-state index contributed by atoms with van der Waals surface area (Å²) in [6.45, 7) is 0. The quantitative estimate of drug-likeness (QED) is 0.549. The minimum Gasteiger partial charge on any atom is -0.299 e. The van der Waals surface area contributed by atoms with Gasteiger partial charge in [-0.25, -0.2) is 0 Å². The average molecular weight is 166 g/mol. The largest absolute Gasteiger partial charge is 0.299 e. The molecule has 0 heterocycles. The molecule has 0 amide bonds. The molecule has 0 N–H and O–H groups in total. The highest BCUT2D eigenvalue weighted by molar-refractivity contribution is 5.91. The molecule has 2 rings (SSSR count). The van der Waals surface area contributed by atoms with Gasteiger partial charge in [0.1, 0.15) is 11.6 Å². The van der Waals surface area contributed by atoms with Crippen molar-refractivity contribution < 1.29 is 9.59 Å². The van der Waals surface area contributed by atoms with Crippen molar-refractivity contribution in [2.75, 3.05) is 0 Å². The lowest BCUT2D eigenvalue weighted by molar-refractivity contribution is -0.137. The molecule has 66 valence electrons. The first-order chi connectivity index (χ1) is 5.79. The minimum atomic E-state index is 0.111. The van der Waals surface area contributed by atoms with Gasteiger partial charge in [-0.1, -0.05) is 0 Å². The molecular weight excluding hydrogens is 152 g/mol. The Kier molecular flexibility index (Phi) is 1.99. The second-order valence-electron chi connectivity index (χ2n) is 3.93. The molecule has 0 aromatic carbocycles. The number of Topliss-reactive ketones (excluding diaryl/α,β-unsaturated/α-hetero) is 2. The first-order valence-electron chi connectivity index (χ1n) is 4.84. The van der Waals surface area contributed by atoms with Crippen LogP contribution in [0.15, 0.2) is 0 Å². The van der Waals surface area contributed by atoms with Gasteiger partial charge in [0, 0.05) is 24.7 Å². The zero-order valence-electron chi connectivity index (χ0n) is 7.21. The zero-order valence-corrected chi connectivity index (χ0v) is 7.21. The van der Waals surface area contributed by atoms with Crippen LogP contribution in [0, 0.1) is 11.8 Å². The molecule has 2 atom stereocenters. The Bertz CT molecular complexity index is 196. The molecular formula is C10H14O2. The van der Waals surface area contributed by atoms with E-state index in [0.717, 1.165) is 25.7 Å². The molecule has 0 aromatic rings. The minimum absolute atomic E-state index is 0.111. The van der Waals surface area contributed by atoms with E-state index in [9.17, 15) is 9.59 Å². The maximum atomic E-state index is 11.4. The van der Waals surface area contributed by atoms with Gasteiger partial charge in [0.2, 0.25) is 0 Å². The molecule has 2 fully saturated rings. The van der Waals surface area contributed by atoms with Crippen LogP contribution in [0.2, 0.25) is 0 Å². The molecule has 0 radical (unpaired) electrons. The monoisotopic (exact) mass is 166 g/mol. The van der Waals surface area contributed by atoms with Crippen LogP contribution < -0.4 is 0 Å². The van der Waals surface area contributed by atoms with Gasteiger partial charge in [0.25, 0.3) is 0 Å². The smallest absolute Gasteiger partial charge is 0.136 e. The lowest BCUT2D eigenvalue weighted by atomic mass is 9.69. The van der Waals surface area contributed by atoms with Gasteiger partial charge in [-0.3, -0.25) is 9.59 Å². The third kappa shape index (κ3) is 1.19.